The van der Waals surface area contributed by atoms with Crippen LogP contribution in [0.25, 0.3) is 0 Å². The molecule has 3 fully saturated rings. The second-order valence-electron chi connectivity index (χ2n) is 9.45. The van der Waals surface area contributed by atoms with Gasteiger partial charge in [0.05, 0.1) is 23.0 Å². The highest BCUT2D eigenvalue weighted by molar-refractivity contribution is 5.82. The van der Waals surface area contributed by atoms with Gasteiger partial charge in [0.1, 0.15) is 0 Å². The number of benzene rings is 1. The number of piperazine rings is 1. The summed E-state index contributed by atoms with van der Waals surface area (Å²) in [4.78, 5) is 29.2. The van der Waals surface area contributed by atoms with E-state index in [-0.39, 0.29) is 34.6 Å². The van der Waals surface area contributed by atoms with E-state index in [0.717, 1.165) is 50.3 Å². The zero-order valence-electron chi connectivity index (χ0n) is 18.0. The fourth-order valence-corrected chi connectivity index (χ4v) is 6.00. The number of non-ortho nitro benzene ring substituents is 1. The lowest BCUT2D eigenvalue weighted by atomic mass is 9.82. The van der Waals surface area contributed by atoms with E-state index < -0.39 is 0 Å². The van der Waals surface area contributed by atoms with Gasteiger partial charge in [-0.25, -0.2) is 0 Å². The summed E-state index contributed by atoms with van der Waals surface area (Å²) >= 11 is 0. The van der Waals surface area contributed by atoms with Crippen LogP contribution in [0.1, 0.15) is 44.1 Å². The summed E-state index contributed by atoms with van der Waals surface area (Å²) in [5.41, 5.74) is 2.07. The molecule has 1 saturated carbocycles. The Morgan fingerprint density at radius 1 is 1.19 bits per heavy atom. The minimum absolute atomic E-state index is 0.0518. The molecule has 3 unspecified atom stereocenters. The molecule has 8 heteroatoms. The van der Waals surface area contributed by atoms with E-state index in [4.69, 9.17) is 4.74 Å². The zero-order chi connectivity index (χ0) is 21.4. The SMILES string of the molecule is O=C(NCC1CCCO1)C1Cc2cc([N+](=O)[O-])ccc2N2CCN(C3CCCC3)CC12. The number of hydrogen-bond acceptors (Lipinski definition) is 6. The van der Waals surface area contributed by atoms with Gasteiger partial charge in [0.2, 0.25) is 5.91 Å². The molecule has 1 aromatic rings. The maximum Gasteiger partial charge on any atom is 0.269 e. The molecule has 3 heterocycles. The lowest BCUT2D eigenvalue weighted by Crippen LogP contribution is -2.62. The summed E-state index contributed by atoms with van der Waals surface area (Å²) in [6.07, 6.45) is 7.81. The summed E-state index contributed by atoms with van der Waals surface area (Å²) in [5.74, 6) is -0.156. The number of rotatable bonds is 5. The van der Waals surface area contributed by atoms with Gasteiger partial charge in [-0.15, -0.1) is 0 Å². The number of carbonyl (C=O) groups is 1. The van der Waals surface area contributed by atoms with E-state index in [2.05, 4.69) is 15.1 Å². The van der Waals surface area contributed by atoms with Gasteiger partial charge in [-0.2, -0.15) is 0 Å². The van der Waals surface area contributed by atoms with Crippen molar-refractivity contribution < 1.29 is 14.5 Å². The highest BCUT2D eigenvalue weighted by Gasteiger charge is 2.43. The molecule has 5 rings (SSSR count). The molecule has 0 aromatic heterocycles. The summed E-state index contributed by atoms with van der Waals surface area (Å²) in [6.45, 7) is 4.06. The number of nitrogens with zero attached hydrogens (tertiary/aromatic N) is 3. The average Bonchev–Trinajstić information content (AvgIpc) is 3.50. The Labute approximate surface area is 183 Å². The van der Waals surface area contributed by atoms with Crippen LogP contribution >= 0.6 is 0 Å². The Kier molecular flexibility index (Phi) is 5.84. The second-order valence-corrected chi connectivity index (χ2v) is 9.45. The van der Waals surface area contributed by atoms with Crippen LogP contribution in [0.5, 0.6) is 0 Å². The number of amides is 1. The number of fused-ring (bicyclic) bond motifs is 3. The quantitative estimate of drug-likeness (QED) is 0.573. The van der Waals surface area contributed by atoms with Crippen LogP contribution in [0.4, 0.5) is 11.4 Å². The van der Waals surface area contributed by atoms with Crippen molar-refractivity contribution >= 4 is 17.3 Å². The molecule has 3 atom stereocenters. The summed E-state index contributed by atoms with van der Waals surface area (Å²) < 4.78 is 5.67. The van der Waals surface area contributed by atoms with Crippen molar-refractivity contribution in [3.05, 3.63) is 33.9 Å². The third-order valence-corrected chi connectivity index (χ3v) is 7.64. The molecule has 1 amide bonds. The smallest absolute Gasteiger partial charge is 0.269 e. The molecule has 2 saturated heterocycles. The summed E-state index contributed by atoms with van der Waals surface area (Å²) in [6, 6.07) is 5.88. The van der Waals surface area contributed by atoms with Gasteiger partial charge in [0.25, 0.3) is 5.69 Å². The molecule has 1 N–H and O–H groups in total. The van der Waals surface area contributed by atoms with Crippen LogP contribution in [0.15, 0.2) is 18.2 Å². The molecule has 31 heavy (non-hydrogen) atoms. The maximum absolute atomic E-state index is 13.3. The summed E-state index contributed by atoms with van der Waals surface area (Å²) in [5, 5.41) is 14.5. The lowest BCUT2D eigenvalue weighted by molar-refractivity contribution is -0.384. The van der Waals surface area contributed by atoms with Crippen LogP contribution < -0.4 is 10.2 Å². The minimum Gasteiger partial charge on any atom is -0.376 e. The molecule has 0 bridgehead atoms. The van der Waals surface area contributed by atoms with Crippen LogP contribution in [0.2, 0.25) is 0 Å². The topological polar surface area (TPSA) is 87.9 Å². The molecule has 168 valence electrons. The van der Waals surface area contributed by atoms with Crippen molar-refractivity contribution in [2.75, 3.05) is 37.7 Å². The molecule has 3 aliphatic heterocycles. The minimum atomic E-state index is -0.350. The standard InChI is InChI=1S/C23H32N4O4/c28-23(24-14-19-6-3-11-31-19)20-13-16-12-18(27(29)30)7-8-21(16)26-10-9-25(15-22(20)26)17-4-1-2-5-17/h7-8,12,17,19-20,22H,1-6,9-11,13-15H2,(H,24,28). The van der Waals surface area contributed by atoms with Crippen LogP contribution in [-0.2, 0) is 16.0 Å². The molecular weight excluding hydrogens is 396 g/mol. The molecule has 0 spiro atoms. The second kappa shape index (κ2) is 8.74. The number of nitro groups is 1. The van der Waals surface area contributed by atoms with Gasteiger partial charge in [0.15, 0.2) is 0 Å². The third kappa shape index (κ3) is 4.15. The Hall–Kier alpha value is -2.19. The zero-order valence-corrected chi connectivity index (χ0v) is 18.0. The van der Waals surface area contributed by atoms with Crippen LogP contribution in [0, 0.1) is 16.0 Å². The number of nitrogens with one attached hydrogen (secondary N) is 1. The van der Waals surface area contributed by atoms with Crippen molar-refractivity contribution in [1.29, 1.82) is 0 Å². The van der Waals surface area contributed by atoms with E-state index in [9.17, 15) is 14.9 Å². The fraction of sp³-hybridized carbons (Fsp3) is 0.696. The van der Waals surface area contributed by atoms with Gasteiger partial charge in [0, 0.05) is 56.6 Å². The van der Waals surface area contributed by atoms with E-state index in [1.54, 1.807) is 12.1 Å². The van der Waals surface area contributed by atoms with E-state index in [0.29, 0.717) is 19.0 Å². The maximum atomic E-state index is 13.3. The predicted molar refractivity (Wildman–Crippen MR) is 117 cm³/mol. The highest BCUT2D eigenvalue weighted by atomic mass is 16.6. The number of hydrogen-bond donors (Lipinski definition) is 1. The van der Waals surface area contributed by atoms with Crippen molar-refractivity contribution in [3.8, 4) is 0 Å². The van der Waals surface area contributed by atoms with E-state index >= 15 is 0 Å². The fourth-order valence-electron chi connectivity index (χ4n) is 6.00. The monoisotopic (exact) mass is 428 g/mol. The predicted octanol–water partition coefficient (Wildman–Crippen LogP) is 2.50. The van der Waals surface area contributed by atoms with Crippen molar-refractivity contribution in [2.24, 2.45) is 5.92 Å². The first-order chi connectivity index (χ1) is 15.1. The highest BCUT2D eigenvalue weighted by Crippen LogP contribution is 2.39. The normalized spacial score (nSPS) is 28.9. The Bertz CT molecular complexity index is 835. The van der Waals surface area contributed by atoms with Crippen molar-refractivity contribution in [1.82, 2.24) is 10.2 Å². The average molecular weight is 429 g/mol. The third-order valence-electron chi connectivity index (χ3n) is 7.64. The first-order valence-corrected chi connectivity index (χ1v) is 11.8. The van der Waals surface area contributed by atoms with E-state index in [1.807, 2.05) is 6.07 Å². The van der Waals surface area contributed by atoms with Gasteiger partial charge in [-0.05, 0) is 43.7 Å². The van der Waals surface area contributed by atoms with Gasteiger partial charge in [-0.3, -0.25) is 19.8 Å². The van der Waals surface area contributed by atoms with Crippen LogP contribution in [-0.4, -0.2) is 66.7 Å². The molecule has 8 nitrogen and oxygen atoms in total. The first-order valence-electron chi connectivity index (χ1n) is 11.8. The Morgan fingerprint density at radius 3 is 2.77 bits per heavy atom. The first kappa shape index (κ1) is 20.7. The van der Waals surface area contributed by atoms with E-state index in [1.165, 1.54) is 25.7 Å². The molecule has 0 radical (unpaired) electrons. The lowest BCUT2D eigenvalue weighted by Gasteiger charge is -2.50. The van der Waals surface area contributed by atoms with Gasteiger partial charge in [-0.1, -0.05) is 12.8 Å². The van der Waals surface area contributed by atoms with Gasteiger partial charge < -0.3 is 15.0 Å². The number of carbonyl (C=O) groups excluding carboxylic acids is 1. The van der Waals surface area contributed by atoms with Crippen molar-refractivity contribution in [2.45, 2.75) is 63.1 Å². The number of anilines is 1. The molecule has 4 aliphatic rings. The molecular formula is C23H32N4O4. The van der Waals surface area contributed by atoms with Crippen LogP contribution in [0.3, 0.4) is 0 Å². The summed E-state index contributed by atoms with van der Waals surface area (Å²) in [7, 11) is 0. The Balaban J connectivity index is 1.38. The number of nitro benzene ring substituents is 1. The Morgan fingerprint density at radius 2 is 2.03 bits per heavy atom. The molecule has 1 aliphatic carbocycles. The van der Waals surface area contributed by atoms with Gasteiger partial charge >= 0.3 is 0 Å². The molecule has 1 aromatic carbocycles. The largest absolute Gasteiger partial charge is 0.376 e. The number of ether oxygens (including phenoxy) is 1. The van der Waals surface area contributed by atoms with Crippen molar-refractivity contribution in [3.63, 3.8) is 0 Å².